The minimum Gasteiger partial charge on any atom is -0.444 e. The van der Waals surface area contributed by atoms with Gasteiger partial charge in [0.15, 0.2) is 0 Å². The molecule has 1 aliphatic heterocycles. The highest BCUT2D eigenvalue weighted by atomic mass is 16.6. The molecule has 1 N–H and O–H groups in total. The lowest BCUT2D eigenvalue weighted by molar-refractivity contribution is 0.0410. The molecule has 22 heavy (non-hydrogen) atoms. The van der Waals surface area contributed by atoms with Gasteiger partial charge in [-0.25, -0.2) is 4.79 Å². The van der Waals surface area contributed by atoms with Crippen LogP contribution in [0.4, 0.5) is 4.79 Å². The average Bonchev–Trinajstić information content (AvgIpc) is 2.90. The fourth-order valence-corrected chi connectivity index (χ4v) is 4.00. The van der Waals surface area contributed by atoms with Crippen molar-refractivity contribution >= 4 is 6.09 Å². The minimum absolute atomic E-state index is 0.237. The van der Waals surface area contributed by atoms with Gasteiger partial charge in [0.05, 0.1) is 0 Å². The zero-order valence-corrected chi connectivity index (χ0v) is 14.9. The molecule has 2 fully saturated rings. The molecule has 0 radical (unpaired) electrons. The van der Waals surface area contributed by atoms with Gasteiger partial charge >= 0.3 is 6.09 Å². The number of hydrogen-bond donors (Lipinski definition) is 1. The number of rotatable bonds is 4. The van der Waals surface area contributed by atoms with Crippen LogP contribution in [-0.2, 0) is 4.74 Å². The van der Waals surface area contributed by atoms with E-state index in [1.165, 1.54) is 45.1 Å². The van der Waals surface area contributed by atoms with Crippen molar-refractivity contribution in [2.75, 3.05) is 13.1 Å². The van der Waals surface area contributed by atoms with Crippen molar-refractivity contribution in [3.8, 4) is 0 Å². The predicted molar refractivity (Wildman–Crippen MR) is 90.0 cm³/mol. The first-order valence-electron chi connectivity index (χ1n) is 9.11. The van der Waals surface area contributed by atoms with Crippen molar-refractivity contribution in [3.63, 3.8) is 0 Å². The van der Waals surface area contributed by atoms with Crippen LogP contribution in [0.2, 0.25) is 0 Å². The molecule has 2 atom stereocenters. The van der Waals surface area contributed by atoms with Crippen molar-refractivity contribution in [2.45, 2.75) is 90.3 Å². The molecule has 0 aromatic heterocycles. The number of amides is 1. The standard InChI is InChI=1S/C18H34N2O2/c1-5-8-14-11-15(19-17(21)22-18(2,3)4)13-20(12-14)16-9-6-7-10-16/h14-16H,5-13H2,1-4H3,(H,19,21). The Morgan fingerprint density at radius 1 is 1.23 bits per heavy atom. The Labute approximate surface area is 136 Å². The number of nitrogens with zero attached hydrogens (tertiary/aromatic N) is 1. The van der Waals surface area contributed by atoms with Crippen LogP contribution in [0.5, 0.6) is 0 Å². The molecule has 1 saturated carbocycles. The van der Waals surface area contributed by atoms with E-state index in [1.807, 2.05) is 20.8 Å². The Morgan fingerprint density at radius 3 is 2.50 bits per heavy atom. The van der Waals surface area contributed by atoms with E-state index in [0.29, 0.717) is 5.92 Å². The molecule has 128 valence electrons. The van der Waals surface area contributed by atoms with E-state index in [-0.39, 0.29) is 12.1 Å². The van der Waals surface area contributed by atoms with Crippen LogP contribution >= 0.6 is 0 Å². The summed E-state index contributed by atoms with van der Waals surface area (Å²) < 4.78 is 5.43. The first-order chi connectivity index (χ1) is 10.4. The van der Waals surface area contributed by atoms with E-state index < -0.39 is 5.60 Å². The zero-order valence-electron chi connectivity index (χ0n) is 14.9. The largest absolute Gasteiger partial charge is 0.444 e. The first kappa shape index (κ1) is 17.6. The summed E-state index contributed by atoms with van der Waals surface area (Å²) in [6.45, 7) is 10.2. The highest BCUT2D eigenvalue weighted by Crippen LogP contribution is 2.29. The quantitative estimate of drug-likeness (QED) is 0.855. The first-order valence-corrected chi connectivity index (χ1v) is 9.11. The lowest BCUT2D eigenvalue weighted by Crippen LogP contribution is -2.53. The van der Waals surface area contributed by atoms with E-state index in [1.54, 1.807) is 0 Å². The predicted octanol–water partition coefficient (Wildman–Crippen LogP) is 3.94. The molecule has 0 aromatic carbocycles. The van der Waals surface area contributed by atoms with Crippen LogP contribution in [-0.4, -0.2) is 41.8 Å². The topological polar surface area (TPSA) is 41.6 Å². The second-order valence-electron chi connectivity index (χ2n) is 8.13. The summed E-state index contributed by atoms with van der Waals surface area (Å²) in [5.74, 6) is 0.708. The van der Waals surface area contributed by atoms with Gasteiger partial charge in [0.1, 0.15) is 5.60 Å². The highest BCUT2D eigenvalue weighted by molar-refractivity contribution is 5.68. The Balaban J connectivity index is 1.92. The van der Waals surface area contributed by atoms with Gasteiger partial charge in [-0.1, -0.05) is 26.2 Å². The summed E-state index contributed by atoms with van der Waals surface area (Å²) in [5, 5.41) is 3.11. The molecule has 0 bridgehead atoms. The van der Waals surface area contributed by atoms with Crippen LogP contribution in [0, 0.1) is 5.92 Å². The summed E-state index contributed by atoms with van der Waals surface area (Å²) in [7, 11) is 0. The Morgan fingerprint density at radius 2 is 1.91 bits per heavy atom. The van der Waals surface area contributed by atoms with Crippen molar-refractivity contribution < 1.29 is 9.53 Å². The van der Waals surface area contributed by atoms with Gasteiger partial charge in [0, 0.05) is 25.2 Å². The molecule has 0 aromatic rings. The number of carbonyl (C=O) groups excluding carboxylic acids is 1. The molecular formula is C18H34N2O2. The fourth-order valence-electron chi connectivity index (χ4n) is 4.00. The van der Waals surface area contributed by atoms with E-state index in [4.69, 9.17) is 4.74 Å². The Hall–Kier alpha value is -0.770. The van der Waals surface area contributed by atoms with Gasteiger partial charge in [-0.2, -0.15) is 0 Å². The molecule has 2 unspecified atom stereocenters. The average molecular weight is 310 g/mol. The third-order valence-corrected chi connectivity index (χ3v) is 4.82. The van der Waals surface area contributed by atoms with Gasteiger partial charge < -0.3 is 10.1 Å². The van der Waals surface area contributed by atoms with Gasteiger partial charge in [-0.3, -0.25) is 4.90 Å². The summed E-state index contributed by atoms with van der Waals surface area (Å²) in [4.78, 5) is 14.7. The number of hydrogen-bond acceptors (Lipinski definition) is 3. The molecule has 1 heterocycles. The number of piperidine rings is 1. The molecule has 1 saturated heterocycles. The lowest BCUT2D eigenvalue weighted by atomic mass is 9.89. The van der Waals surface area contributed by atoms with Crippen LogP contribution in [0.25, 0.3) is 0 Å². The van der Waals surface area contributed by atoms with Gasteiger partial charge in [-0.15, -0.1) is 0 Å². The van der Waals surface area contributed by atoms with Crippen molar-refractivity contribution in [1.82, 2.24) is 10.2 Å². The third kappa shape index (κ3) is 5.45. The molecule has 1 aliphatic carbocycles. The molecule has 2 aliphatic rings. The van der Waals surface area contributed by atoms with E-state index in [2.05, 4.69) is 17.1 Å². The molecule has 2 rings (SSSR count). The maximum absolute atomic E-state index is 12.1. The molecule has 0 spiro atoms. The maximum atomic E-state index is 12.1. The second kappa shape index (κ2) is 7.67. The summed E-state index contributed by atoms with van der Waals surface area (Å²) >= 11 is 0. The maximum Gasteiger partial charge on any atom is 0.407 e. The second-order valence-corrected chi connectivity index (χ2v) is 8.13. The molecular weight excluding hydrogens is 276 g/mol. The smallest absolute Gasteiger partial charge is 0.407 e. The monoisotopic (exact) mass is 310 g/mol. The van der Waals surface area contributed by atoms with E-state index >= 15 is 0 Å². The fraction of sp³-hybridized carbons (Fsp3) is 0.944. The SMILES string of the molecule is CCCC1CC(NC(=O)OC(C)(C)C)CN(C2CCCC2)C1. The summed E-state index contributed by atoms with van der Waals surface area (Å²) in [6.07, 6.45) is 8.71. The van der Waals surface area contributed by atoms with Crippen molar-refractivity contribution in [2.24, 2.45) is 5.92 Å². The Kier molecular flexibility index (Phi) is 6.13. The lowest BCUT2D eigenvalue weighted by Gasteiger charge is -2.41. The van der Waals surface area contributed by atoms with Crippen molar-refractivity contribution in [3.05, 3.63) is 0 Å². The van der Waals surface area contributed by atoms with Gasteiger partial charge in [0.25, 0.3) is 0 Å². The van der Waals surface area contributed by atoms with Crippen LogP contribution in [0.15, 0.2) is 0 Å². The number of nitrogens with one attached hydrogen (secondary N) is 1. The van der Waals surface area contributed by atoms with Crippen molar-refractivity contribution in [1.29, 1.82) is 0 Å². The van der Waals surface area contributed by atoms with E-state index in [9.17, 15) is 4.79 Å². The van der Waals surface area contributed by atoms with Crippen LogP contribution in [0.1, 0.15) is 72.6 Å². The molecule has 4 heteroatoms. The van der Waals surface area contributed by atoms with E-state index in [0.717, 1.165) is 19.0 Å². The Bertz CT molecular complexity index is 359. The number of carbonyl (C=O) groups is 1. The van der Waals surface area contributed by atoms with Crippen LogP contribution < -0.4 is 5.32 Å². The van der Waals surface area contributed by atoms with Gasteiger partial charge in [-0.05, 0) is 52.4 Å². The number of likely N-dealkylation sites (tertiary alicyclic amines) is 1. The normalized spacial score (nSPS) is 27.8. The molecule has 4 nitrogen and oxygen atoms in total. The minimum atomic E-state index is -0.424. The zero-order chi connectivity index (χ0) is 16.2. The number of alkyl carbamates (subject to hydrolysis) is 1. The highest BCUT2D eigenvalue weighted by Gasteiger charge is 2.33. The van der Waals surface area contributed by atoms with Crippen LogP contribution in [0.3, 0.4) is 0 Å². The summed E-state index contributed by atoms with van der Waals surface area (Å²) in [5.41, 5.74) is -0.424. The summed E-state index contributed by atoms with van der Waals surface area (Å²) in [6, 6.07) is 0.975. The number of ether oxygens (including phenoxy) is 1. The van der Waals surface area contributed by atoms with Gasteiger partial charge in [0.2, 0.25) is 0 Å². The third-order valence-electron chi connectivity index (χ3n) is 4.82. The molecule has 1 amide bonds.